The Hall–Kier alpha value is -0.880. The molecule has 0 radical (unpaired) electrons. The van der Waals surface area contributed by atoms with Gasteiger partial charge in [-0.15, -0.1) is 11.3 Å². The summed E-state index contributed by atoms with van der Waals surface area (Å²) in [5, 5.41) is 9.66. The van der Waals surface area contributed by atoms with Crippen molar-refractivity contribution < 1.29 is 18.3 Å². The zero-order valence-electron chi connectivity index (χ0n) is 8.64. The fraction of sp³-hybridized carbons (Fsp3) is 0.444. The molecule has 0 saturated carbocycles. The van der Waals surface area contributed by atoms with Crippen LogP contribution < -0.4 is 0 Å². The third-order valence-corrected chi connectivity index (χ3v) is 5.61. The van der Waals surface area contributed by atoms with Crippen molar-refractivity contribution in [1.29, 1.82) is 0 Å². The number of carbonyl (C=O) groups is 1. The Bertz CT molecular complexity index is 482. The number of hydrogen-bond donors (Lipinski definition) is 1. The van der Waals surface area contributed by atoms with Crippen LogP contribution in [0, 0.1) is 6.92 Å². The van der Waals surface area contributed by atoms with Gasteiger partial charge in [0.05, 0.1) is 10.1 Å². The van der Waals surface area contributed by atoms with Crippen LogP contribution in [0.1, 0.15) is 29.1 Å². The molecule has 0 amide bonds. The summed E-state index contributed by atoms with van der Waals surface area (Å²) in [5.74, 6) is -1.08. The average Bonchev–Trinajstić information content (AvgIpc) is 2.46. The fourth-order valence-corrected chi connectivity index (χ4v) is 3.72. The van der Waals surface area contributed by atoms with Crippen molar-refractivity contribution in [3.8, 4) is 0 Å². The maximum absolute atomic E-state index is 11.8. The van der Waals surface area contributed by atoms with E-state index in [-0.39, 0.29) is 9.77 Å². The Morgan fingerprint density at radius 3 is 2.33 bits per heavy atom. The number of carboxylic acids is 1. The monoisotopic (exact) mass is 248 g/mol. The summed E-state index contributed by atoms with van der Waals surface area (Å²) >= 11 is 0.950. The molecule has 4 nitrogen and oxygen atoms in total. The van der Waals surface area contributed by atoms with E-state index in [1.165, 1.54) is 12.3 Å². The molecule has 1 aromatic heterocycles. The number of rotatable bonds is 3. The van der Waals surface area contributed by atoms with E-state index in [0.717, 1.165) is 11.3 Å². The molecule has 0 unspecified atom stereocenters. The lowest BCUT2D eigenvalue weighted by molar-refractivity contribution is 0.0701. The molecule has 1 heterocycles. The molecule has 0 saturated heterocycles. The summed E-state index contributed by atoms with van der Waals surface area (Å²) in [6.07, 6.45) is 0. The number of carboxylic acid groups (broad SMARTS) is 1. The van der Waals surface area contributed by atoms with E-state index in [4.69, 9.17) is 5.11 Å². The van der Waals surface area contributed by atoms with Gasteiger partial charge in [0.1, 0.15) is 4.88 Å². The van der Waals surface area contributed by atoms with Gasteiger partial charge in [0.15, 0.2) is 9.84 Å². The minimum Gasteiger partial charge on any atom is -0.477 e. The second kappa shape index (κ2) is 3.94. The van der Waals surface area contributed by atoms with Crippen LogP contribution >= 0.6 is 11.3 Å². The van der Waals surface area contributed by atoms with Crippen LogP contribution in [-0.2, 0) is 9.84 Å². The highest BCUT2D eigenvalue weighted by Gasteiger charge is 2.25. The van der Waals surface area contributed by atoms with E-state index < -0.39 is 21.1 Å². The van der Waals surface area contributed by atoms with Crippen LogP contribution in [0.4, 0.5) is 0 Å². The molecule has 0 aliphatic carbocycles. The van der Waals surface area contributed by atoms with Crippen LogP contribution in [0.5, 0.6) is 0 Å². The summed E-state index contributed by atoms with van der Waals surface area (Å²) < 4.78 is 23.6. The van der Waals surface area contributed by atoms with Crippen LogP contribution in [0.15, 0.2) is 10.3 Å². The molecule has 0 aliphatic heterocycles. The SMILES string of the molecule is Cc1c(S(=O)(=O)C(C)C)csc1C(=O)O. The highest BCUT2D eigenvalue weighted by Crippen LogP contribution is 2.28. The van der Waals surface area contributed by atoms with Gasteiger partial charge in [-0.3, -0.25) is 0 Å². The molecular weight excluding hydrogens is 236 g/mol. The first-order valence-electron chi connectivity index (χ1n) is 4.33. The van der Waals surface area contributed by atoms with E-state index in [9.17, 15) is 13.2 Å². The maximum Gasteiger partial charge on any atom is 0.346 e. The highest BCUT2D eigenvalue weighted by molar-refractivity contribution is 7.92. The lowest BCUT2D eigenvalue weighted by Crippen LogP contribution is -2.14. The van der Waals surface area contributed by atoms with Gasteiger partial charge < -0.3 is 5.11 Å². The minimum atomic E-state index is -3.37. The molecule has 0 bridgehead atoms. The lowest BCUT2D eigenvalue weighted by Gasteiger charge is -2.06. The van der Waals surface area contributed by atoms with Gasteiger partial charge in [-0.05, 0) is 26.3 Å². The van der Waals surface area contributed by atoms with Crippen molar-refractivity contribution in [2.24, 2.45) is 0 Å². The normalized spacial score (nSPS) is 12.0. The van der Waals surface area contributed by atoms with Crippen molar-refractivity contribution >= 4 is 27.1 Å². The first-order chi connectivity index (χ1) is 6.78. The standard InChI is InChI=1S/C9H12O4S2/c1-5(2)15(12,13)7-4-14-8(6(7)3)9(10)11/h4-5H,1-3H3,(H,10,11). The number of hydrogen-bond acceptors (Lipinski definition) is 4. The van der Waals surface area contributed by atoms with Crippen molar-refractivity contribution in [3.63, 3.8) is 0 Å². The van der Waals surface area contributed by atoms with Gasteiger partial charge in [-0.2, -0.15) is 0 Å². The summed E-state index contributed by atoms with van der Waals surface area (Å²) in [6, 6.07) is 0. The summed E-state index contributed by atoms with van der Waals surface area (Å²) in [5.41, 5.74) is 0.334. The summed E-state index contributed by atoms with van der Waals surface area (Å²) in [7, 11) is -3.37. The Morgan fingerprint density at radius 1 is 1.47 bits per heavy atom. The quantitative estimate of drug-likeness (QED) is 0.887. The predicted molar refractivity (Wildman–Crippen MR) is 58.3 cm³/mol. The molecule has 1 N–H and O–H groups in total. The molecule has 0 atom stereocenters. The van der Waals surface area contributed by atoms with Gasteiger partial charge in [-0.1, -0.05) is 0 Å². The Balaban J connectivity index is 3.37. The third kappa shape index (κ3) is 2.05. The molecule has 1 aromatic rings. The van der Waals surface area contributed by atoms with Gasteiger partial charge in [0, 0.05) is 5.38 Å². The van der Waals surface area contributed by atoms with Crippen LogP contribution in [0.25, 0.3) is 0 Å². The van der Waals surface area contributed by atoms with E-state index in [0.29, 0.717) is 5.56 Å². The van der Waals surface area contributed by atoms with Crippen molar-refractivity contribution in [1.82, 2.24) is 0 Å². The van der Waals surface area contributed by atoms with Crippen molar-refractivity contribution in [2.75, 3.05) is 0 Å². The van der Waals surface area contributed by atoms with E-state index in [2.05, 4.69) is 0 Å². The van der Waals surface area contributed by atoms with E-state index >= 15 is 0 Å². The van der Waals surface area contributed by atoms with E-state index in [1.807, 2.05) is 0 Å². The topological polar surface area (TPSA) is 71.4 Å². The smallest absolute Gasteiger partial charge is 0.346 e. The largest absolute Gasteiger partial charge is 0.477 e. The number of sulfone groups is 1. The maximum atomic E-state index is 11.8. The predicted octanol–water partition coefficient (Wildman–Crippen LogP) is 1.94. The summed E-state index contributed by atoms with van der Waals surface area (Å²) in [4.78, 5) is 11.0. The first-order valence-corrected chi connectivity index (χ1v) is 6.76. The van der Waals surface area contributed by atoms with Gasteiger partial charge >= 0.3 is 5.97 Å². The average molecular weight is 248 g/mol. The van der Waals surface area contributed by atoms with Gasteiger partial charge in [-0.25, -0.2) is 13.2 Å². The molecule has 15 heavy (non-hydrogen) atoms. The molecule has 0 aliphatic rings. The third-order valence-electron chi connectivity index (χ3n) is 2.12. The zero-order valence-corrected chi connectivity index (χ0v) is 10.3. The molecule has 0 aromatic carbocycles. The second-order valence-electron chi connectivity index (χ2n) is 3.45. The van der Waals surface area contributed by atoms with Gasteiger partial charge in [0.2, 0.25) is 0 Å². The van der Waals surface area contributed by atoms with Crippen LogP contribution in [0.2, 0.25) is 0 Å². The molecule has 0 spiro atoms. The van der Waals surface area contributed by atoms with Gasteiger partial charge in [0.25, 0.3) is 0 Å². The van der Waals surface area contributed by atoms with Crippen LogP contribution in [0.3, 0.4) is 0 Å². The molecule has 84 valence electrons. The lowest BCUT2D eigenvalue weighted by atomic mass is 10.3. The van der Waals surface area contributed by atoms with Crippen molar-refractivity contribution in [3.05, 3.63) is 15.8 Å². The Morgan fingerprint density at radius 2 is 2.00 bits per heavy atom. The number of thiophene rings is 1. The minimum absolute atomic E-state index is 0.0919. The molecular formula is C9H12O4S2. The summed E-state index contributed by atoms with van der Waals surface area (Å²) in [6.45, 7) is 4.68. The second-order valence-corrected chi connectivity index (χ2v) is 6.81. The number of aromatic carboxylic acids is 1. The fourth-order valence-electron chi connectivity index (χ4n) is 1.15. The highest BCUT2D eigenvalue weighted by atomic mass is 32.2. The van der Waals surface area contributed by atoms with Crippen LogP contribution in [-0.4, -0.2) is 24.7 Å². The Labute approximate surface area is 92.5 Å². The molecule has 1 rings (SSSR count). The molecule has 6 heteroatoms. The zero-order chi connectivity index (χ0) is 11.8. The van der Waals surface area contributed by atoms with Crippen molar-refractivity contribution in [2.45, 2.75) is 30.9 Å². The first kappa shape index (κ1) is 12.2. The van der Waals surface area contributed by atoms with E-state index in [1.54, 1.807) is 13.8 Å². The molecule has 0 fully saturated rings. The Kier molecular flexibility index (Phi) is 3.20.